The van der Waals surface area contributed by atoms with Crippen molar-refractivity contribution in [2.24, 2.45) is 17.8 Å². The number of nitrogens with zero attached hydrogens (tertiary/aromatic N) is 1. The molecule has 4 aliphatic rings. The predicted octanol–water partition coefficient (Wildman–Crippen LogP) is 4.83. The number of anilines is 1. The molecule has 2 saturated carbocycles. The number of fused-ring (bicyclic) bond motifs is 4. The SMILES string of the molecule is Cc1ccc2c(c1)C1(CCN(CC3CC4CCC(C4)C3)CC1)CN2.[HH]. The molecule has 1 N–H and O–H groups in total. The molecule has 3 fully saturated rings. The van der Waals surface area contributed by atoms with Crippen molar-refractivity contribution in [2.45, 2.75) is 57.3 Å². The summed E-state index contributed by atoms with van der Waals surface area (Å²) in [6.45, 7) is 7.39. The first-order chi connectivity index (χ1) is 11.7. The van der Waals surface area contributed by atoms with Crippen LogP contribution in [-0.4, -0.2) is 31.1 Å². The highest BCUT2D eigenvalue weighted by molar-refractivity contribution is 5.61. The van der Waals surface area contributed by atoms with Gasteiger partial charge in [-0.25, -0.2) is 0 Å². The van der Waals surface area contributed by atoms with Crippen molar-refractivity contribution < 1.29 is 1.43 Å². The standard InChI is InChI=1S/C22H32N2.H2/c1-16-2-5-21-20(10-16)22(15-23-21)6-8-24(9-7-22)14-19-12-17-3-4-18(11-17)13-19;/h2,5,10,17-19,23H,3-4,6-9,11-15H2,1H3;1H. The van der Waals surface area contributed by atoms with Crippen LogP contribution < -0.4 is 5.32 Å². The van der Waals surface area contributed by atoms with Crippen LogP contribution in [0, 0.1) is 24.7 Å². The van der Waals surface area contributed by atoms with Gasteiger partial charge in [0.2, 0.25) is 0 Å². The maximum atomic E-state index is 3.69. The van der Waals surface area contributed by atoms with Gasteiger partial charge in [-0.2, -0.15) is 0 Å². The highest BCUT2D eigenvalue weighted by atomic mass is 15.1. The Morgan fingerprint density at radius 1 is 1.12 bits per heavy atom. The van der Waals surface area contributed by atoms with Gasteiger partial charge >= 0.3 is 0 Å². The van der Waals surface area contributed by atoms with E-state index >= 15 is 0 Å². The molecule has 2 aliphatic carbocycles. The number of piperidine rings is 1. The minimum Gasteiger partial charge on any atom is -0.384 e. The van der Waals surface area contributed by atoms with Crippen molar-refractivity contribution in [1.29, 1.82) is 0 Å². The zero-order valence-corrected chi connectivity index (χ0v) is 15.2. The normalized spacial score (nSPS) is 34.3. The molecular formula is C22H34N2. The Labute approximate surface area is 148 Å². The average molecular weight is 327 g/mol. The molecule has 1 spiro atoms. The minimum absolute atomic E-state index is 0. The molecule has 132 valence electrons. The summed E-state index contributed by atoms with van der Waals surface area (Å²) in [6, 6.07) is 6.99. The summed E-state index contributed by atoms with van der Waals surface area (Å²) in [6.07, 6.45) is 10.4. The summed E-state index contributed by atoms with van der Waals surface area (Å²) in [5, 5.41) is 3.69. The Bertz CT molecular complexity index is 608. The molecule has 1 aromatic carbocycles. The fraction of sp³-hybridized carbons (Fsp3) is 0.727. The predicted molar refractivity (Wildman–Crippen MR) is 103 cm³/mol. The first-order valence-electron chi connectivity index (χ1n) is 10.3. The van der Waals surface area contributed by atoms with Gasteiger partial charge in [-0.1, -0.05) is 30.5 Å². The second-order valence-electron chi connectivity index (χ2n) is 9.37. The van der Waals surface area contributed by atoms with E-state index < -0.39 is 0 Å². The smallest absolute Gasteiger partial charge is 0.0379 e. The second kappa shape index (κ2) is 5.76. The number of rotatable bonds is 2. The minimum atomic E-state index is 0. The van der Waals surface area contributed by atoms with Crippen LogP contribution >= 0.6 is 0 Å². The van der Waals surface area contributed by atoms with Crippen LogP contribution in [0.5, 0.6) is 0 Å². The Balaban J connectivity index is 0.00000157. The summed E-state index contributed by atoms with van der Waals surface area (Å²) in [7, 11) is 0. The Kier molecular flexibility index (Phi) is 3.66. The van der Waals surface area contributed by atoms with Crippen LogP contribution in [0.15, 0.2) is 18.2 Å². The van der Waals surface area contributed by atoms with E-state index in [9.17, 15) is 0 Å². The van der Waals surface area contributed by atoms with Crippen LogP contribution in [-0.2, 0) is 5.41 Å². The molecule has 2 atom stereocenters. The summed E-state index contributed by atoms with van der Waals surface area (Å²) in [5.74, 6) is 3.17. The van der Waals surface area contributed by atoms with Gasteiger partial charge in [0.1, 0.15) is 0 Å². The van der Waals surface area contributed by atoms with E-state index in [1.165, 1.54) is 69.4 Å². The van der Waals surface area contributed by atoms with Gasteiger partial charge < -0.3 is 10.2 Å². The van der Waals surface area contributed by atoms with Gasteiger partial charge in [0.05, 0.1) is 0 Å². The van der Waals surface area contributed by atoms with E-state index in [-0.39, 0.29) is 1.43 Å². The van der Waals surface area contributed by atoms with Crippen molar-refractivity contribution in [1.82, 2.24) is 4.90 Å². The van der Waals surface area contributed by atoms with Crippen molar-refractivity contribution in [3.05, 3.63) is 29.3 Å². The summed E-state index contributed by atoms with van der Waals surface area (Å²) >= 11 is 0. The van der Waals surface area contributed by atoms with Gasteiger partial charge in [0.25, 0.3) is 0 Å². The largest absolute Gasteiger partial charge is 0.384 e. The van der Waals surface area contributed by atoms with Crippen LogP contribution in [0.25, 0.3) is 0 Å². The van der Waals surface area contributed by atoms with E-state index in [4.69, 9.17) is 0 Å². The quantitative estimate of drug-likeness (QED) is 0.837. The zero-order chi connectivity index (χ0) is 16.1. The topological polar surface area (TPSA) is 15.3 Å². The van der Waals surface area contributed by atoms with Crippen LogP contribution in [0.1, 0.15) is 57.5 Å². The number of hydrogen-bond acceptors (Lipinski definition) is 2. The molecule has 1 saturated heterocycles. The molecule has 2 nitrogen and oxygen atoms in total. The molecule has 5 rings (SSSR count). The van der Waals surface area contributed by atoms with Crippen LogP contribution in [0.4, 0.5) is 5.69 Å². The summed E-state index contributed by atoms with van der Waals surface area (Å²) in [5.41, 5.74) is 4.84. The van der Waals surface area contributed by atoms with Gasteiger partial charge in [0.15, 0.2) is 0 Å². The molecule has 2 heterocycles. The van der Waals surface area contributed by atoms with Gasteiger partial charge in [0, 0.05) is 25.6 Å². The zero-order valence-electron chi connectivity index (χ0n) is 15.2. The molecule has 2 aliphatic heterocycles. The molecule has 2 heteroatoms. The van der Waals surface area contributed by atoms with Crippen LogP contribution in [0.2, 0.25) is 0 Å². The highest BCUT2D eigenvalue weighted by Crippen LogP contribution is 2.47. The average Bonchev–Trinajstić information content (AvgIpc) is 3.11. The maximum absolute atomic E-state index is 3.69. The molecular weight excluding hydrogens is 292 g/mol. The van der Waals surface area contributed by atoms with Crippen molar-refractivity contribution in [3.63, 3.8) is 0 Å². The van der Waals surface area contributed by atoms with E-state index in [0.29, 0.717) is 5.41 Å². The van der Waals surface area contributed by atoms with Gasteiger partial charge in [-0.15, -0.1) is 0 Å². The lowest BCUT2D eigenvalue weighted by Crippen LogP contribution is -2.45. The van der Waals surface area contributed by atoms with Crippen molar-refractivity contribution in [2.75, 3.05) is 31.5 Å². The third-order valence-electron chi connectivity index (χ3n) is 7.68. The fourth-order valence-electron chi connectivity index (χ4n) is 6.38. The Morgan fingerprint density at radius 3 is 2.62 bits per heavy atom. The number of benzene rings is 1. The first-order valence-corrected chi connectivity index (χ1v) is 10.3. The van der Waals surface area contributed by atoms with Crippen molar-refractivity contribution >= 4 is 5.69 Å². The lowest BCUT2D eigenvalue weighted by molar-refractivity contribution is 0.122. The fourth-order valence-corrected chi connectivity index (χ4v) is 6.38. The summed E-state index contributed by atoms with van der Waals surface area (Å²) in [4.78, 5) is 2.80. The number of aryl methyl sites for hydroxylation is 1. The molecule has 2 unspecified atom stereocenters. The van der Waals surface area contributed by atoms with Crippen molar-refractivity contribution in [3.8, 4) is 0 Å². The summed E-state index contributed by atoms with van der Waals surface area (Å²) < 4.78 is 0. The third kappa shape index (κ3) is 2.58. The molecule has 0 amide bonds. The lowest BCUT2D eigenvalue weighted by Gasteiger charge is -2.41. The monoisotopic (exact) mass is 326 g/mol. The number of nitrogens with one attached hydrogen (secondary N) is 1. The second-order valence-corrected chi connectivity index (χ2v) is 9.37. The molecule has 0 radical (unpaired) electrons. The van der Waals surface area contributed by atoms with E-state index in [2.05, 4.69) is 35.3 Å². The molecule has 0 aromatic heterocycles. The lowest BCUT2D eigenvalue weighted by atomic mass is 9.73. The van der Waals surface area contributed by atoms with Gasteiger partial charge in [-0.05, 0) is 81.5 Å². The molecule has 24 heavy (non-hydrogen) atoms. The molecule has 2 bridgehead atoms. The van der Waals surface area contributed by atoms with Gasteiger partial charge in [-0.3, -0.25) is 0 Å². The third-order valence-corrected chi connectivity index (χ3v) is 7.68. The first kappa shape index (κ1) is 15.3. The van der Waals surface area contributed by atoms with Crippen LogP contribution in [0.3, 0.4) is 0 Å². The van der Waals surface area contributed by atoms with E-state index in [0.717, 1.165) is 24.3 Å². The van der Waals surface area contributed by atoms with E-state index in [1.54, 1.807) is 12.0 Å². The number of hydrogen-bond donors (Lipinski definition) is 1. The molecule has 1 aromatic rings. The Morgan fingerprint density at radius 2 is 1.88 bits per heavy atom. The number of likely N-dealkylation sites (tertiary alicyclic amines) is 1. The maximum Gasteiger partial charge on any atom is 0.0379 e. The van der Waals surface area contributed by atoms with E-state index in [1.807, 2.05) is 0 Å². The Hall–Kier alpha value is -1.02. The highest BCUT2D eigenvalue weighted by Gasteiger charge is 2.42.